The molecule has 3 aromatic carbocycles. The topological polar surface area (TPSA) is 69.2 Å². The zero-order chi connectivity index (χ0) is 22.4. The van der Waals surface area contributed by atoms with Crippen LogP contribution in [0.15, 0.2) is 77.3 Å². The molecule has 3 aliphatic rings. The largest absolute Gasteiger partial charge is 0.497 e. The van der Waals surface area contributed by atoms with Crippen LogP contribution in [0.1, 0.15) is 33.1 Å². The summed E-state index contributed by atoms with van der Waals surface area (Å²) >= 11 is 1.60. The summed E-state index contributed by atoms with van der Waals surface area (Å²) in [5.41, 5.74) is 5.15. The molecule has 0 radical (unpaired) electrons. The number of nitrogens with zero attached hydrogens (tertiary/aromatic N) is 1. The zero-order valence-corrected chi connectivity index (χ0v) is 18.6. The first kappa shape index (κ1) is 19.9. The molecule has 6 nitrogen and oxygen atoms in total. The second-order valence-electron chi connectivity index (χ2n) is 7.88. The van der Waals surface area contributed by atoms with Gasteiger partial charge in [-0.3, -0.25) is 4.79 Å². The maximum absolute atomic E-state index is 13.4. The Hall–Kier alpha value is -3.71. The van der Waals surface area contributed by atoms with Crippen LogP contribution in [0, 0.1) is 0 Å². The Balaban J connectivity index is 1.37. The number of ketones is 1. The second kappa shape index (κ2) is 8.01. The van der Waals surface area contributed by atoms with Gasteiger partial charge in [0.15, 0.2) is 22.4 Å². The fourth-order valence-electron chi connectivity index (χ4n) is 4.33. The van der Waals surface area contributed by atoms with Crippen molar-refractivity contribution in [1.29, 1.82) is 0 Å². The Bertz CT molecular complexity index is 1350. The van der Waals surface area contributed by atoms with Crippen molar-refractivity contribution in [2.45, 2.75) is 11.8 Å². The number of rotatable bonds is 4. The molecular weight excluding hydrogens is 436 g/mol. The van der Waals surface area contributed by atoms with E-state index in [4.69, 9.17) is 19.2 Å². The molecule has 7 heteroatoms. The molecule has 164 valence electrons. The third-order valence-electron chi connectivity index (χ3n) is 5.93. The minimum Gasteiger partial charge on any atom is -0.497 e. The summed E-state index contributed by atoms with van der Waals surface area (Å²) in [6.07, 6.45) is 0. The van der Waals surface area contributed by atoms with Gasteiger partial charge in [0.05, 0.1) is 18.4 Å². The number of methoxy groups -OCH3 is 1. The van der Waals surface area contributed by atoms with Gasteiger partial charge < -0.3 is 19.5 Å². The van der Waals surface area contributed by atoms with Gasteiger partial charge in [0.2, 0.25) is 6.79 Å². The molecule has 1 aliphatic carbocycles. The summed E-state index contributed by atoms with van der Waals surface area (Å²) in [7, 11) is 1.66. The summed E-state index contributed by atoms with van der Waals surface area (Å²) in [6.45, 7) is 0.203. The van der Waals surface area contributed by atoms with E-state index >= 15 is 0 Å². The summed E-state index contributed by atoms with van der Waals surface area (Å²) in [5.74, 6) is 2.94. The van der Waals surface area contributed by atoms with Crippen LogP contribution in [-0.4, -0.2) is 24.9 Å². The second-order valence-corrected chi connectivity index (χ2v) is 8.84. The number of hydrogen-bond acceptors (Lipinski definition) is 7. The molecule has 0 fully saturated rings. The van der Waals surface area contributed by atoms with E-state index in [9.17, 15) is 4.79 Å². The number of Topliss-reactive ketones (excluding diaryl/α,β-unsaturated/α-hetero) is 1. The predicted molar refractivity (Wildman–Crippen MR) is 128 cm³/mol. The van der Waals surface area contributed by atoms with Crippen molar-refractivity contribution < 1.29 is 19.0 Å². The van der Waals surface area contributed by atoms with E-state index in [1.165, 1.54) is 0 Å². The third kappa shape index (κ3) is 3.45. The van der Waals surface area contributed by atoms with E-state index in [2.05, 4.69) is 11.4 Å². The van der Waals surface area contributed by atoms with E-state index in [1.807, 2.05) is 60.7 Å². The molecule has 0 aromatic heterocycles. The highest BCUT2D eigenvalue weighted by Crippen LogP contribution is 2.45. The average Bonchev–Trinajstić information content (AvgIpc) is 3.45. The van der Waals surface area contributed by atoms with Crippen LogP contribution in [0.25, 0.3) is 5.70 Å². The zero-order valence-electron chi connectivity index (χ0n) is 17.8. The van der Waals surface area contributed by atoms with Gasteiger partial charge in [-0.1, -0.05) is 54.2 Å². The van der Waals surface area contributed by atoms with E-state index in [1.54, 1.807) is 18.9 Å². The average molecular weight is 457 g/mol. The molecule has 0 saturated heterocycles. The molecule has 3 aromatic rings. The van der Waals surface area contributed by atoms with Gasteiger partial charge in [-0.15, -0.1) is 0 Å². The number of carbonyl (C=O) groups is 1. The number of nitrogens with one attached hydrogen (secondary N) is 1. The number of fused-ring (bicyclic) bond motifs is 3. The maximum atomic E-state index is 13.4. The minimum absolute atomic E-state index is 0.0105. The molecule has 1 N–H and O–H groups in total. The highest BCUT2D eigenvalue weighted by Gasteiger charge is 2.38. The van der Waals surface area contributed by atoms with E-state index in [0.717, 1.165) is 39.1 Å². The summed E-state index contributed by atoms with van der Waals surface area (Å²) in [4.78, 5) is 18.3. The van der Waals surface area contributed by atoms with Crippen molar-refractivity contribution >= 4 is 28.4 Å². The fourth-order valence-corrected chi connectivity index (χ4v) is 5.17. The molecule has 0 amide bonds. The molecule has 2 aliphatic heterocycles. The first-order chi connectivity index (χ1) is 16.2. The Morgan fingerprint density at radius 1 is 1.03 bits per heavy atom. The number of thioether (sulfide) groups is 1. The van der Waals surface area contributed by atoms with E-state index in [0.29, 0.717) is 22.6 Å². The van der Waals surface area contributed by atoms with Crippen LogP contribution in [0.2, 0.25) is 0 Å². The molecule has 6 rings (SSSR count). The maximum Gasteiger partial charge on any atom is 0.231 e. The van der Waals surface area contributed by atoms with Gasteiger partial charge in [-0.25, -0.2) is 4.99 Å². The first-order valence-electron chi connectivity index (χ1n) is 10.6. The van der Waals surface area contributed by atoms with Crippen LogP contribution < -0.4 is 19.5 Å². The van der Waals surface area contributed by atoms with Crippen molar-refractivity contribution in [2.24, 2.45) is 4.99 Å². The van der Waals surface area contributed by atoms with Crippen LogP contribution in [0.4, 0.5) is 0 Å². The predicted octanol–water partition coefficient (Wildman–Crippen LogP) is 4.97. The van der Waals surface area contributed by atoms with Crippen LogP contribution in [0.5, 0.6) is 17.2 Å². The molecule has 2 heterocycles. The smallest absolute Gasteiger partial charge is 0.231 e. The minimum atomic E-state index is -0.427. The lowest BCUT2D eigenvalue weighted by molar-refractivity contribution is 0.103. The Morgan fingerprint density at radius 2 is 1.88 bits per heavy atom. The van der Waals surface area contributed by atoms with E-state index in [-0.39, 0.29) is 12.6 Å². The molecule has 1 atom stereocenters. The van der Waals surface area contributed by atoms with Gasteiger partial charge in [-0.05, 0) is 35.4 Å². The molecule has 0 bridgehead atoms. The lowest BCUT2D eigenvalue weighted by Gasteiger charge is -2.24. The molecule has 0 unspecified atom stereocenters. The number of hydrogen-bond donors (Lipinski definition) is 1. The third-order valence-corrected chi connectivity index (χ3v) is 6.89. The molecule has 0 spiro atoms. The van der Waals surface area contributed by atoms with Gasteiger partial charge in [0.25, 0.3) is 0 Å². The molecule has 33 heavy (non-hydrogen) atoms. The van der Waals surface area contributed by atoms with Crippen molar-refractivity contribution in [3.8, 4) is 17.2 Å². The normalized spacial score (nSPS) is 17.9. The highest BCUT2D eigenvalue weighted by atomic mass is 32.2. The van der Waals surface area contributed by atoms with Crippen molar-refractivity contribution in [3.05, 3.63) is 94.6 Å². The first-order valence-corrected chi connectivity index (χ1v) is 11.6. The number of carbonyl (C=O) groups excluding carboxylic acids is 1. The summed E-state index contributed by atoms with van der Waals surface area (Å²) < 4.78 is 16.4. The van der Waals surface area contributed by atoms with Crippen molar-refractivity contribution in [3.63, 3.8) is 0 Å². The Labute approximate surface area is 195 Å². The quantitative estimate of drug-likeness (QED) is 0.598. The number of ether oxygens (including phenoxy) is 3. The SMILES string of the molecule is COc1cccc(CSC2=N[C@H](c3ccc4c(c3)OCO4)C3=C(N2)c2ccccc2C3=O)c1. The van der Waals surface area contributed by atoms with Gasteiger partial charge in [0, 0.05) is 16.9 Å². The van der Waals surface area contributed by atoms with Crippen molar-refractivity contribution in [2.75, 3.05) is 13.9 Å². The number of benzene rings is 3. The van der Waals surface area contributed by atoms with E-state index < -0.39 is 6.04 Å². The van der Waals surface area contributed by atoms with Gasteiger partial charge in [0.1, 0.15) is 11.8 Å². The van der Waals surface area contributed by atoms with Gasteiger partial charge >= 0.3 is 0 Å². The summed E-state index contributed by atoms with van der Waals surface area (Å²) in [5, 5.41) is 4.20. The number of aliphatic imine (C=N–C) groups is 1. The fraction of sp³-hybridized carbons (Fsp3) is 0.154. The monoisotopic (exact) mass is 456 g/mol. The standard InChI is InChI=1S/C26H20N2O4S/c1-30-17-6-4-5-15(11-17)13-33-26-27-23(16-9-10-20-21(12-16)32-14-31-20)22-24(28-26)18-7-2-3-8-19(18)25(22)29/h2-12,23H,13-14H2,1H3,(H,27,28)/t23-/m1/s1. The van der Waals surface area contributed by atoms with Crippen LogP contribution >= 0.6 is 11.8 Å². The summed E-state index contributed by atoms with van der Waals surface area (Å²) in [6, 6.07) is 21.0. The Morgan fingerprint density at radius 3 is 2.76 bits per heavy atom. The lowest BCUT2D eigenvalue weighted by atomic mass is 9.95. The van der Waals surface area contributed by atoms with Crippen LogP contribution in [-0.2, 0) is 5.75 Å². The van der Waals surface area contributed by atoms with Crippen LogP contribution in [0.3, 0.4) is 0 Å². The Kier molecular flexibility index (Phi) is 4.84. The lowest BCUT2D eigenvalue weighted by Crippen LogP contribution is -2.26. The molecular formula is C26H20N2O4S. The van der Waals surface area contributed by atoms with Gasteiger partial charge in [-0.2, -0.15) is 0 Å². The molecule has 0 saturated carbocycles. The number of amidine groups is 1. The highest BCUT2D eigenvalue weighted by molar-refractivity contribution is 8.13. The van der Waals surface area contributed by atoms with Crippen molar-refractivity contribution in [1.82, 2.24) is 5.32 Å².